The van der Waals surface area contributed by atoms with Crippen molar-refractivity contribution in [2.24, 2.45) is 0 Å². The van der Waals surface area contributed by atoms with Crippen LogP contribution in [0.5, 0.6) is 0 Å². The van der Waals surface area contributed by atoms with Crippen LogP contribution in [-0.4, -0.2) is 38.7 Å². The Labute approximate surface area is 120 Å². The molecular formula is C13H23N3O3S. The summed E-state index contributed by atoms with van der Waals surface area (Å²) < 4.78 is 32.6. The summed E-state index contributed by atoms with van der Waals surface area (Å²) in [6.45, 7) is 6.14. The second-order valence-corrected chi connectivity index (χ2v) is 6.84. The maximum absolute atomic E-state index is 12.3. The lowest BCUT2D eigenvalue weighted by Gasteiger charge is -2.15. The Morgan fingerprint density at radius 2 is 2.30 bits per heavy atom. The Kier molecular flexibility index (Phi) is 5.20. The van der Waals surface area contributed by atoms with Gasteiger partial charge in [0.25, 0.3) is 0 Å². The number of hydrogen-bond acceptors (Lipinski definition) is 4. The SMILES string of the molecule is CCCNCc1cc(S(=O)(=O)NC2CCOC2C)c[nH]1. The highest BCUT2D eigenvalue weighted by molar-refractivity contribution is 7.89. The maximum atomic E-state index is 12.3. The molecule has 0 radical (unpaired) electrons. The Bertz CT molecular complexity index is 527. The molecule has 1 aliphatic heterocycles. The highest BCUT2D eigenvalue weighted by atomic mass is 32.2. The van der Waals surface area contributed by atoms with Crippen LogP contribution in [0.4, 0.5) is 0 Å². The van der Waals surface area contributed by atoms with E-state index in [2.05, 4.69) is 21.9 Å². The molecule has 1 aromatic rings. The number of rotatable bonds is 7. The number of H-pyrrole nitrogens is 1. The van der Waals surface area contributed by atoms with Crippen LogP contribution < -0.4 is 10.0 Å². The van der Waals surface area contributed by atoms with E-state index in [9.17, 15) is 8.42 Å². The standard InChI is InChI=1S/C13H23N3O3S/c1-3-5-14-8-11-7-12(9-15-11)20(17,18)16-13-4-6-19-10(13)2/h7,9-10,13-16H,3-6,8H2,1-2H3. The van der Waals surface area contributed by atoms with Crippen LogP contribution in [0.3, 0.4) is 0 Å². The van der Waals surface area contributed by atoms with Crippen molar-refractivity contribution in [1.29, 1.82) is 0 Å². The van der Waals surface area contributed by atoms with Crippen LogP contribution in [0.2, 0.25) is 0 Å². The van der Waals surface area contributed by atoms with Crippen molar-refractivity contribution in [2.45, 2.75) is 50.3 Å². The zero-order valence-corrected chi connectivity index (χ0v) is 12.8. The molecule has 0 amide bonds. The minimum Gasteiger partial charge on any atom is -0.377 e. The van der Waals surface area contributed by atoms with E-state index in [4.69, 9.17) is 4.74 Å². The van der Waals surface area contributed by atoms with Crippen molar-refractivity contribution in [3.8, 4) is 0 Å². The Hall–Kier alpha value is -0.890. The van der Waals surface area contributed by atoms with Gasteiger partial charge in [-0.15, -0.1) is 0 Å². The molecule has 1 aliphatic rings. The van der Waals surface area contributed by atoms with Crippen LogP contribution in [0.15, 0.2) is 17.2 Å². The van der Waals surface area contributed by atoms with Crippen molar-refractivity contribution in [3.05, 3.63) is 18.0 Å². The first-order valence-electron chi connectivity index (χ1n) is 7.05. The first-order valence-corrected chi connectivity index (χ1v) is 8.53. The summed E-state index contributed by atoms with van der Waals surface area (Å²) in [5.41, 5.74) is 0.870. The molecule has 2 heterocycles. The van der Waals surface area contributed by atoms with E-state index in [1.165, 1.54) is 6.20 Å². The number of aromatic nitrogens is 1. The molecule has 6 nitrogen and oxygen atoms in total. The van der Waals surface area contributed by atoms with Gasteiger partial charge in [-0.1, -0.05) is 6.92 Å². The second-order valence-electron chi connectivity index (χ2n) is 5.13. The van der Waals surface area contributed by atoms with Gasteiger partial charge in [-0.3, -0.25) is 0 Å². The Morgan fingerprint density at radius 3 is 2.95 bits per heavy atom. The van der Waals surface area contributed by atoms with Gasteiger partial charge in [0.05, 0.1) is 17.0 Å². The Morgan fingerprint density at radius 1 is 1.50 bits per heavy atom. The Balaban J connectivity index is 1.98. The minimum atomic E-state index is -3.48. The lowest BCUT2D eigenvalue weighted by atomic mass is 10.2. The molecular weight excluding hydrogens is 278 g/mol. The third kappa shape index (κ3) is 3.82. The molecule has 3 N–H and O–H groups in total. The van der Waals surface area contributed by atoms with Crippen LogP contribution >= 0.6 is 0 Å². The molecule has 1 fully saturated rings. The van der Waals surface area contributed by atoms with Gasteiger partial charge in [0.1, 0.15) is 0 Å². The molecule has 114 valence electrons. The van der Waals surface area contributed by atoms with E-state index < -0.39 is 10.0 Å². The zero-order chi connectivity index (χ0) is 14.6. The highest BCUT2D eigenvalue weighted by Gasteiger charge is 2.29. The summed E-state index contributed by atoms with van der Waals surface area (Å²) in [6, 6.07) is 1.53. The van der Waals surface area contributed by atoms with Gasteiger partial charge in [0.15, 0.2) is 0 Å². The normalized spacial score (nSPS) is 23.3. The smallest absolute Gasteiger partial charge is 0.242 e. The van der Waals surface area contributed by atoms with Crippen molar-refractivity contribution < 1.29 is 13.2 Å². The number of hydrogen-bond donors (Lipinski definition) is 3. The molecule has 1 saturated heterocycles. The number of nitrogens with one attached hydrogen (secondary N) is 3. The highest BCUT2D eigenvalue weighted by Crippen LogP contribution is 2.17. The number of ether oxygens (including phenoxy) is 1. The van der Waals surface area contributed by atoms with Crippen LogP contribution in [-0.2, 0) is 21.3 Å². The number of sulfonamides is 1. The molecule has 2 atom stereocenters. The fourth-order valence-corrected chi connectivity index (χ4v) is 3.59. The van der Waals surface area contributed by atoms with E-state index >= 15 is 0 Å². The lowest BCUT2D eigenvalue weighted by molar-refractivity contribution is 0.117. The van der Waals surface area contributed by atoms with Crippen LogP contribution in [0.1, 0.15) is 32.4 Å². The average molecular weight is 301 g/mol. The molecule has 0 aliphatic carbocycles. The molecule has 2 rings (SSSR count). The predicted octanol–water partition coefficient (Wildman–Crippen LogP) is 0.970. The topological polar surface area (TPSA) is 83.2 Å². The predicted molar refractivity (Wildman–Crippen MR) is 76.9 cm³/mol. The first-order chi connectivity index (χ1) is 9.53. The van der Waals surface area contributed by atoms with Gasteiger partial charge in [0.2, 0.25) is 10.0 Å². The fraction of sp³-hybridized carbons (Fsp3) is 0.692. The third-order valence-electron chi connectivity index (χ3n) is 3.45. The van der Waals surface area contributed by atoms with Gasteiger partial charge >= 0.3 is 0 Å². The van der Waals surface area contributed by atoms with Gasteiger partial charge in [-0.2, -0.15) is 0 Å². The van der Waals surface area contributed by atoms with Gasteiger partial charge in [-0.05, 0) is 32.4 Å². The van der Waals surface area contributed by atoms with Gasteiger partial charge < -0.3 is 15.0 Å². The van der Waals surface area contributed by atoms with E-state index in [0.717, 1.165) is 25.1 Å². The quantitative estimate of drug-likeness (QED) is 0.655. The van der Waals surface area contributed by atoms with Gasteiger partial charge in [0, 0.05) is 25.0 Å². The van der Waals surface area contributed by atoms with Crippen molar-refractivity contribution >= 4 is 10.0 Å². The molecule has 0 spiro atoms. The number of aromatic amines is 1. The monoisotopic (exact) mass is 301 g/mol. The third-order valence-corrected chi connectivity index (χ3v) is 4.92. The molecule has 2 unspecified atom stereocenters. The van der Waals surface area contributed by atoms with Crippen molar-refractivity contribution in [2.75, 3.05) is 13.2 Å². The summed E-state index contributed by atoms with van der Waals surface area (Å²) in [4.78, 5) is 3.28. The maximum Gasteiger partial charge on any atom is 0.242 e. The summed E-state index contributed by atoms with van der Waals surface area (Å²) in [7, 11) is -3.48. The zero-order valence-electron chi connectivity index (χ0n) is 12.0. The first kappa shape index (κ1) is 15.5. The van der Waals surface area contributed by atoms with Crippen LogP contribution in [0.25, 0.3) is 0 Å². The second kappa shape index (κ2) is 6.71. The summed E-state index contributed by atoms with van der Waals surface area (Å²) >= 11 is 0. The molecule has 1 aromatic heterocycles. The molecule has 7 heteroatoms. The molecule has 0 bridgehead atoms. The van der Waals surface area contributed by atoms with E-state index in [0.29, 0.717) is 13.2 Å². The van der Waals surface area contributed by atoms with E-state index in [-0.39, 0.29) is 17.0 Å². The molecule has 0 aromatic carbocycles. The summed E-state index contributed by atoms with van der Waals surface area (Å²) in [6.07, 6.45) is 3.23. The fourth-order valence-electron chi connectivity index (χ4n) is 2.23. The van der Waals surface area contributed by atoms with E-state index in [1.54, 1.807) is 6.07 Å². The molecule has 0 saturated carbocycles. The summed E-state index contributed by atoms with van der Waals surface area (Å²) in [5.74, 6) is 0. The minimum absolute atomic E-state index is 0.0746. The average Bonchev–Trinajstić information content (AvgIpc) is 3.00. The van der Waals surface area contributed by atoms with Crippen molar-refractivity contribution in [1.82, 2.24) is 15.0 Å². The van der Waals surface area contributed by atoms with Gasteiger partial charge in [-0.25, -0.2) is 13.1 Å². The summed E-state index contributed by atoms with van der Waals surface area (Å²) in [5, 5.41) is 3.23. The lowest BCUT2D eigenvalue weighted by Crippen LogP contribution is -2.38. The largest absolute Gasteiger partial charge is 0.377 e. The van der Waals surface area contributed by atoms with Crippen molar-refractivity contribution in [3.63, 3.8) is 0 Å². The van der Waals surface area contributed by atoms with E-state index in [1.807, 2.05) is 6.92 Å². The molecule has 20 heavy (non-hydrogen) atoms. The van der Waals surface area contributed by atoms with Crippen LogP contribution in [0, 0.1) is 0 Å².